The molecular weight excluding hydrogens is 284 g/mol. The molecule has 0 saturated carbocycles. The Morgan fingerprint density at radius 2 is 2.19 bits per heavy atom. The minimum Gasteiger partial charge on any atom is -0.493 e. The first-order valence-corrected chi connectivity index (χ1v) is 7.99. The quantitative estimate of drug-likeness (QED) is 0.595. The molecule has 0 aromatic heterocycles. The molecule has 1 aromatic rings. The van der Waals surface area contributed by atoms with Crippen molar-refractivity contribution >= 4 is 17.2 Å². The van der Waals surface area contributed by atoms with Crippen LogP contribution in [-0.4, -0.2) is 47.3 Å². The molecule has 5 heteroatoms. The average Bonchev–Trinajstić information content (AvgIpc) is 2.52. The summed E-state index contributed by atoms with van der Waals surface area (Å²) in [7, 11) is 0. The van der Waals surface area contributed by atoms with Crippen LogP contribution >= 0.6 is 12.2 Å². The van der Waals surface area contributed by atoms with Gasteiger partial charge in [-0.25, -0.2) is 0 Å². The van der Waals surface area contributed by atoms with Gasteiger partial charge in [0.25, 0.3) is 0 Å². The van der Waals surface area contributed by atoms with Crippen molar-refractivity contribution in [1.29, 1.82) is 0 Å². The highest BCUT2D eigenvalue weighted by Crippen LogP contribution is 2.19. The van der Waals surface area contributed by atoms with E-state index in [4.69, 9.17) is 22.7 Å². The van der Waals surface area contributed by atoms with Gasteiger partial charge < -0.3 is 15.6 Å². The van der Waals surface area contributed by atoms with Crippen LogP contribution in [0.4, 0.5) is 0 Å². The second-order valence-corrected chi connectivity index (χ2v) is 5.87. The van der Waals surface area contributed by atoms with E-state index in [0.717, 1.165) is 37.2 Å². The van der Waals surface area contributed by atoms with Crippen LogP contribution in [-0.2, 0) is 0 Å². The fourth-order valence-electron chi connectivity index (χ4n) is 2.81. The SMILES string of the molecule is NC(=S)c1ccccc1OCCCN1CCCCC1CO. The first-order chi connectivity index (χ1) is 10.2. The number of benzene rings is 1. The second-order valence-electron chi connectivity index (χ2n) is 5.43. The topological polar surface area (TPSA) is 58.7 Å². The number of nitrogens with two attached hydrogens (primary N) is 1. The van der Waals surface area contributed by atoms with Crippen molar-refractivity contribution in [3.05, 3.63) is 29.8 Å². The molecule has 1 aliphatic rings. The zero-order chi connectivity index (χ0) is 15.1. The maximum absolute atomic E-state index is 9.39. The Bertz CT molecular complexity index is 467. The summed E-state index contributed by atoms with van der Waals surface area (Å²) in [4.78, 5) is 2.73. The molecule has 0 spiro atoms. The van der Waals surface area contributed by atoms with Gasteiger partial charge in [-0.15, -0.1) is 0 Å². The first-order valence-electron chi connectivity index (χ1n) is 7.59. The van der Waals surface area contributed by atoms with Gasteiger partial charge in [-0.05, 0) is 37.9 Å². The molecule has 1 aromatic carbocycles. The number of hydrogen-bond acceptors (Lipinski definition) is 4. The number of likely N-dealkylation sites (tertiary alicyclic amines) is 1. The molecule has 0 amide bonds. The van der Waals surface area contributed by atoms with Crippen molar-refractivity contribution in [2.75, 3.05) is 26.3 Å². The summed E-state index contributed by atoms with van der Waals surface area (Å²) >= 11 is 5.02. The number of aliphatic hydroxyl groups is 1. The number of hydrogen-bond donors (Lipinski definition) is 2. The van der Waals surface area contributed by atoms with Crippen LogP contribution in [0.3, 0.4) is 0 Å². The van der Waals surface area contributed by atoms with Gasteiger partial charge >= 0.3 is 0 Å². The minimum atomic E-state index is 0.255. The molecule has 1 atom stereocenters. The molecule has 3 N–H and O–H groups in total. The molecule has 1 aliphatic heterocycles. The van der Waals surface area contributed by atoms with Gasteiger partial charge in [-0.1, -0.05) is 30.8 Å². The van der Waals surface area contributed by atoms with Crippen LogP contribution in [0, 0.1) is 0 Å². The average molecular weight is 308 g/mol. The van der Waals surface area contributed by atoms with Gasteiger partial charge in [0, 0.05) is 12.6 Å². The van der Waals surface area contributed by atoms with Crippen molar-refractivity contribution in [1.82, 2.24) is 4.90 Å². The lowest BCUT2D eigenvalue weighted by atomic mass is 10.0. The third kappa shape index (κ3) is 4.66. The standard InChI is InChI=1S/C16H24N2O2S/c17-16(21)14-7-1-2-8-15(14)20-11-5-10-18-9-4-3-6-13(18)12-19/h1-2,7-8,13,19H,3-6,9-12H2,(H2,17,21). The highest BCUT2D eigenvalue weighted by molar-refractivity contribution is 7.80. The zero-order valence-corrected chi connectivity index (χ0v) is 13.1. The van der Waals surface area contributed by atoms with Gasteiger partial charge in [0.15, 0.2) is 0 Å². The summed E-state index contributed by atoms with van der Waals surface area (Å²) in [6, 6.07) is 7.92. The number of para-hydroxylation sites is 1. The first kappa shape index (κ1) is 16.2. The van der Waals surface area contributed by atoms with Crippen LogP contribution in [0.15, 0.2) is 24.3 Å². The molecule has 4 nitrogen and oxygen atoms in total. The maximum atomic E-state index is 9.39. The Hall–Kier alpha value is -1.17. The Labute approximate surface area is 131 Å². The minimum absolute atomic E-state index is 0.255. The largest absolute Gasteiger partial charge is 0.493 e. The van der Waals surface area contributed by atoms with Gasteiger partial charge in [0.05, 0.1) is 18.8 Å². The van der Waals surface area contributed by atoms with Crippen LogP contribution < -0.4 is 10.5 Å². The maximum Gasteiger partial charge on any atom is 0.129 e. The molecule has 1 heterocycles. The number of piperidine rings is 1. The third-order valence-corrected chi connectivity index (χ3v) is 4.18. The number of thiocarbonyl (C=S) groups is 1. The Morgan fingerprint density at radius 3 is 2.95 bits per heavy atom. The van der Waals surface area contributed by atoms with E-state index < -0.39 is 0 Å². The Kier molecular flexibility index (Phi) is 6.42. The summed E-state index contributed by atoms with van der Waals surface area (Å²) in [5.74, 6) is 0.752. The molecule has 1 saturated heterocycles. The molecule has 0 aliphatic carbocycles. The van der Waals surface area contributed by atoms with E-state index >= 15 is 0 Å². The highest BCUT2D eigenvalue weighted by atomic mass is 32.1. The zero-order valence-electron chi connectivity index (χ0n) is 12.3. The second kappa shape index (κ2) is 8.32. The summed E-state index contributed by atoms with van der Waals surface area (Å²) in [6.07, 6.45) is 4.48. The van der Waals surface area contributed by atoms with E-state index in [9.17, 15) is 5.11 Å². The lowest BCUT2D eigenvalue weighted by Crippen LogP contribution is -2.42. The smallest absolute Gasteiger partial charge is 0.129 e. The molecular formula is C16H24N2O2S. The van der Waals surface area contributed by atoms with Crippen molar-refractivity contribution in [2.45, 2.75) is 31.7 Å². The summed E-state index contributed by atoms with van der Waals surface area (Å²) in [6.45, 7) is 2.93. The number of rotatable bonds is 7. The highest BCUT2D eigenvalue weighted by Gasteiger charge is 2.20. The molecule has 0 radical (unpaired) electrons. The van der Waals surface area contributed by atoms with Gasteiger partial charge in [0.1, 0.15) is 10.7 Å². The molecule has 1 unspecified atom stereocenters. The molecule has 2 rings (SSSR count). The number of ether oxygens (including phenoxy) is 1. The number of aliphatic hydroxyl groups excluding tert-OH is 1. The summed E-state index contributed by atoms with van der Waals surface area (Å²) < 4.78 is 5.80. The van der Waals surface area contributed by atoms with E-state index in [-0.39, 0.29) is 6.61 Å². The van der Waals surface area contributed by atoms with E-state index in [2.05, 4.69) is 4.90 Å². The lowest BCUT2D eigenvalue weighted by molar-refractivity contribution is 0.0851. The predicted octanol–water partition coefficient (Wildman–Crippen LogP) is 1.94. The fraction of sp³-hybridized carbons (Fsp3) is 0.562. The van der Waals surface area contributed by atoms with Crippen molar-refractivity contribution in [3.63, 3.8) is 0 Å². The fourth-order valence-corrected chi connectivity index (χ4v) is 2.98. The lowest BCUT2D eigenvalue weighted by Gasteiger charge is -2.34. The van der Waals surface area contributed by atoms with E-state index in [1.807, 2.05) is 24.3 Å². The van der Waals surface area contributed by atoms with E-state index in [1.54, 1.807) is 0 Å². The van der Waals surface area contributed by atoms with Crippen molar-refractivity contribution in [3.8, 4) is 5.75 Å². The molecule has 116 valence electrons. The van der Waals surface area contributed by atoms with Crippen molar-refractivity contribution in [2.24, 2.45) is 5.73 Å². The van der Waals surface area contributed by atoms with Crippen LogP contribution in [0.25, 0.3) is 0 Å². The van der Waals surface area contributed by atoms with E-state index in [0.29, 0.717) is 17.6 Å². The van der Waals surface area contributed by atoms with Crippen LogP contribution in [0.1, 0.15) is 31.2 Å². The van der Waals surface area contributed by atoms with E-state index in [1.165, 1.54) is 12.8 Å². The Morgan fingerprint density at radius 1 is 1.38 bits per heavy atom. The van der Waals surface area contributed by atoms with Gasteiger partial charge in [-0.3, -0.25) is 4.90 Å². The van der Waals surface area contributed by atoms with Gasteiger partial charge in [0.2, 0.25) is 0 Å². The van der Waals surface area contributed by atoms with Crippen LogP contribution in [0.2, 0.25) is 0 Å². The third-order valence-electron chi connectivity index (χ3n) is 3.96. The predicted molar refractivity (Wildman–Crippen MR) is 88.7 cm³/mol. The summed E-state index contributed by atoms with van der Waals surface area (Å²) in [5, 5.41) is 9.39. The monoisotopic (exact) mass is 308 g/mol. The normalized spacial score (nSPS) is 19.4. The Balaban J connectivity index is 1.78. The van der Waals surface area contributed by atoms with Gasteiger partial charge in [-0.2, -0.15) is 0 Å². The number of nitrogens with zero attached hydrogens (tertiary/aromatic N) is 1. The molecule has 21 heavy (non-hydrogen) atoms. The summed E-state index contributed by atoms with van der Waals surface area (Å²) in [5.41, 5.74) is 6.48. The van der Waals surface area contributed by atoms with Crippen molar-refractivity contribution < 1.29 is 9.84 Å². The molecule has 1 fully saturated rings. The molecule has 0 bridgehead atoms. The van der Waals surface area contributed by atoms with Crippen LogP contribution in [0.5, 0.6) is 5.75 Å².